The van der Waals surface area contributed by atoms with Crippen molar-refractivity contribution in [3.05, 3.63) is 70.2 Å². The number of allylic oxidation sites excluding steroid dienone is 1. The van der Waals surface area contributed by atoms with Crippen molar-refractivity contribution in [2.75, 3.05) is 7.11 Å². The van der Waals surface area contributed by atoms with Crippen LogP contribution in [0.5, 0.6) is 11.5 Å². The molecule has 1 fully saturated rings. The number of nitriles is 1. The van der Waals surface area contributed by atoms with Crippen molar-refractivity contribution in [1.82, 2.24) is 0 Å². The van der Waals surface area contributed by atoms with Gasteiger partial charge in [-0.25, -0.2) is 0 Å². The summed E-state index contributed by atoms with van der Waals surface area (Å²) in [5.41, 5.74) is -0.813. The largest absolute Gasteiger partial charge is 0.468 e. The molecule has 6 heteroatoms. The van der Waals surface area contributed by atoms with Crippen molar-refractivity contribution < 1.29 is 14.3 Å². The van der Waals surface area contributed by atoms with E-state index in [9.17, 15) is 10.1 Å². The summed E-state index contributed by atoms with van der Waals surface area (Å²) < 4.78 is 11.1. The third-order valence-corrected chi connectivity index (χ3v) is 5.76. The standard InChI is InChI=1S/C22H19Cl2NO3/c1-21(2)18(12-19(23)24)22(21,20(26)27-3)16-10-7-11-17(15(16)13-25)28-14-8-5-4-6-9-14/h4-12,18H,1-3H3. The number of hydrogen-bond acceptors (Lipinski definition) is 4. The molecule has 0 amide bonds. The van der Waals surface area contributed by atoms with E-state index >= 15 is 0 Å². The minimum absolute atomic E-state index is 0.0686. The van der Waals surface area contributed by atoms with Gasteiger partial charge in [0.05, 0.1) is 12.7 Å². The number of esters is 1. The number of benzene rings is 2. The Balaban J connectivity index is 2.18. The maximum absolute atomic E-state index is 13.0. The van der Waals surface area contributed by atoms with Crippen molar-refractivity contribution in [3.8, 4) is 17.6 Å². The molecule has 1 saturated carbocycles. The summed E-state index contributed by atoms with van der Waals surface area (Å²) in [7, 11) is 1.33. The molecular formula is C22H19Cl2NO3. The monoisotopic (exact) mass is 415 g/mol. The number of nitrogens with zero attached hydrogens (tertiary/aromatic N) is 1. The van der Waals surface area contributed by atoms with Crippen LogP contribution >= 0.6 is 23.2 Å². The summed E-state index contributed by atoms with van der Waals surface area (Å²) >= 11 is 11.8. The summed E-state index contributed by atoms with van der Waals surface area (Å²) in [6.07, 6.45) is 1.63. The molecule has 0 aliphatic heterocycles. The van der Waals surface area contributed by atoms with Gasteiger partial charge in [0.1, 0.15) is 27.5 Å². The molecule has 144 valence electrons. The highest BCUT2D eigenvalue weighted by Crippen LogP contribution is 2.71. The van der Waals surface area contributed by atoms with E-state index in [0.717, 1.165) is 0 Å². The van der Waals surface area contributed by atoms with Gasteiger partial charge >= 0.3 is 5.97 Å². The minimum atomic E-state index is -1.09. The van der Waals surface area contributed by atoms with E-state index in [-0.39, 0.29) is 16.0 Å². The van der Waals surface area contributed by atoms with Gasteiger partial charge < -0.3 is 9.47 Å². The summed E-state index contributed by atoms with van der Waals surface area (Å²) in [5, 5.41) is 9.91. The second-order valence-electron chi connectivity index (χ2n) is 7.16. The number of rotatable bonds is 5. The molecule has 2 aromatic rings. The molecule has 0 radical (unpaired) electrons. The Kier molecular flexibility index (Phi) is 5.43. The lowest BCUT2D eigenvalue weighted by Crippen LogP contribution is -2.29. The van der Waals surface area contributed by atoms with Crippen molar-refractivity contribution in [2.24, 2.45) is 11.3 Å². The van der Waals surface area contributed by atoms with Crippen molar-refractivity contribution in [1.29, 1.82) is 5.26 Å². The molecule has 4 nitrogen and oxygen atoms in total. The molecule has 2 aromatic carbocycles. The normalized spacial score (nSPS) is 21.9. The van der Waals surface area contributed by atoms with E-state index in [0.29, 0.717) is 17.1 Å². The van der Waals surface area contributed by atoms with Gasteiger partial charge in [-0.3, -0.25) is 4.79 Å². The third kappa shape index (κ3) is 3.05. The van der Waals surface area contributed by atoms with Crippen molar-refractivity contribution in [3.63, 3.8) is 0 Å². The number of para-hydroxylation sites is 1. The molecule has 2 unspecified atom stereocenters. The van der Waals surface area contributed by atoms with Crippen LogP contribution in [0.1, 0.15) is 25.0 Å². The molecule has 0 aromatic heterocycles. The molecule has 2 atom stereocenters. The lowest BCUT2D eigenvalue weighted by atomic mass is 9.84. The second kappa shape index (κ2) is 7.50. The molecule has 1 aliphatic carbocycles. The number of carbonyl (C=O) groups is 1. The quantitative estimate of drug-likeness (QED) is 0.584. The van der Waals surface area contributed by atoms with E-state index in [1.807, 2.05) is 32.0 Å². The highest BCUT2D eigenvalue weighted by Gasteiger charge is 2.76. The van der Waals surface area contributed by atoms with Crippen LogP contribution in [0.15, 0.2) is 59.1 Å². The van der Waals surface area contributed by atoms with Crippen molar-refractivity contribution >= 4 is 29.2 Å². The second-order valence-corrected chi connectivity index (χ2v) is 8.17. The molecule has 0 saturated heterocycles. The topological polar surface area (TPSA) is 59.3 Å². The molecule has 3 rings (SSSR count). The fraction of sp³-hybridized carbons (Fsp3) is 0.273. The van der Waals surface area contributed by atoms with Gasteiger partial charge in [-0.1, -0.05) is 67.4 Å². The Labute approximate surface area is 174 Å². The fourth-order valence-corrected chi connectivity index (χ4v) is 4.37. The summed E-state index contributed by atoms with van der Waals surface area (Å²) in [6, 6.07) is 16.6. The zero-order chi connectivity index (χ0) is 20.5. The highest BCUT2D eigenvalue weighted by molar-refractivity contribution is 6.55. The predicted molar refractivity (Wildman–Crippen MR) is 108 cm³/mol. The average Bonchev–Trinajstić information content (AvgIpc) is 3.16. The van der Waals surface area contributed by atoms with E-state index in [2.05, 4.69) is 6.07 Å². The molecule has 0 spiro atoms. The molecule has 0 N–H and O–H groups in total. The Morgan fingerprint density at radius 2 is 1.82 bits per heavy atom. The maximum Gasteiger partial charge on any atom is 0.317 e. The average molecular weight is 416 g/mol. The van der Waals surface area contributed by atoms with Gasteiger partial charge in [0.2, 0.25) is 0 Å². The van der Waals surface area contributed by atoms with Crippen LogP contribution in [0, 0.1) is 22.7 Å². The first-order valence-corrected chi connectivity index (χ1v) is 9.44. The first kappa shape index (κ1) is 20.3. The zero-order valence-electron chi connectivity index (χ0n) is 15.7. The maximum atomic E-state index is 13.0. The Hall–Kier alpha value is -2.48. The predicted octanol–water partition coefficient (Wildman–Crippen LogP) is 5.74. The van der Waals surface area contributed by atoms with Gasteiger partial charge in [0.25, 0.3) is 0 Å². The van der Waals surface area contributed by atoms with Crippen molar-refractivity contribution in [2.45, 2.75) is 19.3 Å². The van der Waals surface area contributed by atoms with E-state index < -0.39 is 16.8 Å². The van der Waals surface area contributed by atoms with Crippen LogP contribution in [0.4, 0.5) is 0 Å². The molecular weight excluding hydrogens is 397 g/mol. The van der Waals surface area contributed by atoms with E-state index in [1.54, 1.807) is 36.4 Å². The van der Waals surface area contributed by atoms with Gasteiger partial charge in [-0.2, -0.15) is 5.26 Å². The Bertz CT molecular complexity index is 975. The van der Waals surface area contributed by atoms with Crippen LogP contribution in [0.3, 0.4) is 0 Å². The van der Waals surface area contributed by atoms with Gasteiger partial charge in [-0.05, 0) is 35.3 Å². The van der Waals surface area contributed by atoms with Crippen LogP contribution in [0.2, 0.25) is 0 Å². The lowest BCUT2D eigenvalue weighted by molar-refractivity contribution is -0.145. The molecule has 0 bridgehead atoms. The first-order chi connectivity index (χ1) is 13.3. The smallest absolute Gasteiger partial charge is 0.317 e. The Morgan fingerprint density at radius 3 is 2.39 bits per heavy atom. The van der Waals surface area contributed by atoms with E-state index in [1.165, 1.54) is 7.11 Å². The molecule has 28 heavy (non-hydrogen) atoms. The summed E-state index contributed by atoms with van der Waals surface area (Å²) in [6.45, 7) is 3.85. The van der Waals surface area contributed by atoms with Gasteiger partial charge in [0, 0.05) is 5.92 Å². The summed E-state index contributed by atoms with van der Waals surface area (Å²) in [5.74, 6) is 0.202. The van der Waals surface area contributed by atoms with Crippen LogP contribution in [0.25, 0.3) is 0 Å². The zero-order valence-corrected chi connectivity index (χ0v) is 17.2. The van der Waals surface area contributed by atoms with E-state index in [4.69, 9.17) is 32.7 Å². The lowest BCUT2D eigenvalue weighted by Gasteiger charge is -2.21. The molecule has 0 heterocycles. The number of ether oxygens (including phenoxy) is 2. The van der Waals surface area contributed by atoms with Crippen LogP contribution in [-0.2, 0) is 14.9 Å². The number of halogens is 2. The first-order valence-electron chi connectivity index (χ1n) is 8.68. The highest BCUT2D eigenvalue weighted by atomic mass is 35.5. The van der Waals surface area contributed by atoms with Gasteiger partial charge in [-0.15, -0.1) is 0 Å². The number of methoxy groups -OCH3 is 1. The minimum Gasteiger partial charge on any atom is -0.468 e. The SMILES string of the molecule is COC(=O)C1(c2cccc(Oc3ccccc3)c2C#N)C(C=C(Cl)Cl)C1(C)C. The third-order valence-electron chi connectivity index (χ3n) is 5.51. The van der Waals surface area contributed by atoms with Crippen LogP contribution < -0.4 is 4.74 Å². The molecule has 1 aliphatic rings. The fourth-order valence-electron chi connectivity index (χ4n) is 4.11. The van der Waals surface area contributed by atoms with Crippen LogP contribution in [-0.4, -0.2) is 13.1 Å². The summed E-state index contributed by atoms with van der Waals surface area (Å²) in [4.78, 5) is 13.0. The number of carbonyl (C=O) groups excluding carboxylic acids is 1. The van der Waals surface area contributed by atoms with Gasteiger partial charge in [0.15, 0.2) is 0 Å². The Morgan fingerprint density at radius 1 is 1.14 bits per heavy atom. The number of hydrogen-bond donors (Lipinski definition) is 0.